The van der Waals surface area contributed by atoms with E-state index in [4.69, 9.17) is 0 Å². The average molecular weight is 310 g/mol. The fourth-order valence-corrected chi connectivity index (χ4v) is 3.56. The van der Waals surface area contributed by atoms with Gasteiger partial charge in [-0.1, -0.05) is 47.8 Å². The molecule has 1 aliphatic rings. The summed E-state index contributed by atoms with van der Waals surface area (Å²) in [6.45, 7) is 4.50. The van der Waals surface area contributed by atoms with Crippen LogP contribution in [0.3, 0.4) is 0 Å². The molecule has 1 N–H and O–H groups in total. The molecule has 2 atom stereocenters. The SMILES string of the molecule is CCNCC1CCCCC1Cc1cccc(Br)c1. The highest BCUT2D eigenvalue weighted by Gasteiger charge is 2.24. The number of halogens is 1. The Morgan fingerprint density at radius 2 is 2.00 bits per heavy atom. The maximum atomic E-state index is 3.57. The second-order valence-corrected chi connectivity index (χ2v) is 6.36. The summed E-state index contributed by atoms with van der Waals surface area (Å²) in [5, 5.41) is 3.54. The van der Waals surface area contributed by atoms with Gasteiger partial charge in [0.15, 0.2) is 0 Å². The highest BCUT2D eigenvalue weighted by molar-refractivity contribution is 9.10. The summed E-state index contributed by atoms with van der Waals surface area (Å²) in [6.07, 6.45) is 6.90. The van der Waals surface area contributed by atoms with E-state index >= 15 is 0 Å². The van der Waals surface area contributed by atoms with Gasteiger partial charge in [0, 0.05) is 4.47 Å². The molecule has 0 bridgehead atoms. The average Bonchev–Trinajstić information content (AvgIpc) is 2.38. The van der Waals surface area contributed by atoms with Crippen molar-refractivity contribution >= 4 is 15.9 Å². The van der Waals surface area contributed by atoms with Gasteiger partial charge in [0.1, 0.15) is 0 Å². The van der Waals surface area contributed by atoms with Gasteiger partial charge in [-0.15, -0.1) is 0 Å². The normalized spacial score (nSPS) is 24.1. The molecule has 100 valence electrons. The third-order valence-corrected chi connectivity index (χ3v) is 4.60. The Hall–Kier alpha value is -0.340. The molecule has 1 aromatic rings. The van der Waals surface area contributed by atoms with Gasteiger partial charge in [0.25, 0.3) is 0 Å². The molecule has 0 amide bonds. The fourth-order valence-electron chi connectivity index (χ4n) is 3.12. The van der Waals surface area contributed by atoms with Crippen LogP contribution in [0.2, 0.25) is 0 Å². The van der Waals surface area contributed by atoms with E-state index in [0.29, 0.717) is 0 Å². The second kappa shape index (κ2) is 7.30. The Morgan fingerprint density at radius 3 is 2.72 bits per heavy atom. The van der Waals surface area contributed by atoms with Crippen molar-refractivity contribution in [1.29, 1.82) is 0 Å². The topological polar surface area (TPSA) is 12.0 Å². The van der Waals surface area contributed by atoms with Crippen LogP contribution in [0.1, 0.15) is 38.2 Å². The molecule has 0 heterocycles. The molecule has 1 saturated carbocycles. The van der Waals surface area contributed by atoms with E-state index in [0.717, 1.165) is 18.4 Å². The molecule has 2 heteroatoms. The van der Waals surface area contributed by atoms with Gasteiger partial charge in [-0.05, 0) is 61.9 Å². The number of hydrogen-bond donors (Lipinski definition) is 1. The summed E-state index contributed by atoms with van der Waals surface area (Å²) in [5.74, 6) is 1.74. The van der Waals surface area contributed by atoms with E-state index in [1.54, 1.807) is 0 Å². The standard InChI is InChI=1S/C16H24BrN/c1-2-18-12-15-8-4-3-7-14(15)10-13-6-5-9-16(17)11-13/h5-6,9,11,14-15,18H,2-4,7-8,10,12H2,1H3. The van der Waals surface area contributed by atoms with E-state index in [1.165, 1.54) is 48.7 Å². The van der Waals surface area contributed by atoms with Crippen LogP contribution in [0.4, 0.5) is 0 Å². The van der Waals surface area contributed by atoms with Gasteiger partial charge >= 0.3 is 0 Å². The minimum absolute atomic E-state index is 0.868. The molecule has 0 aromatic heterocycles. The van der Waals surface area contributed by atoms with Gasteiger partial charge in [-0.25, -0.2) is 0 Å². The van der Waals surface area contributed by atoms with Gasteiger partial charge in [0.05, 0.1) is 0 Å². The first-order valence-electron chi connectivity index (χ1n) is 7.24. The zero-order valence-corrected chi connectivity index (χ0v) is 12.9. The first kappa shape index (κ1) is 14.1. The molecule has 2 rings (SSSR count). The van der Waals surface area contributed by atoms with Crippen LogP contribution in [0, 0.1) is 11.8 Å². The maximum absolute atomic E-state index is 3.57. The first-order valence-corrected chi connectivity index (χ1v) is 8.04. The Balaban J connectivity index is 1.96. The van der Waals surface area contributed by atoms with Crippen molar-refractivity contribution in [2.45, 2.75) is 39.0 Å². The fraction of sp³-hybridized carbons (Fsp3) is 0.625. The van der Waals surface area contributed by atoms with Crippen LogP contribution < -0.4 is 5.32 Å². The van der Waals surface area contributed by atoms with E-state index in [-0.39, 0.29) is 0 Å². The molecule has 1 fully saturated rings. The lowest BCUT2D eigenvalue weighted by Gasteiger charge is -2.32. The van der Waals surface area contributed by atoms with Crippen LogP contribution in [-0.4, -0.2) is 13.1 Å². The van der Waals surface area contributed by atoms with Gasteiger partial charge in [-0.3, -0.25) is 0 Å². The summed E-state index contributed by atoms with van der Waals surface area (Å²) >= 11 is 3.57. The maximum Gasteiger partial charge on any atom is 0.0177 e. The number of nitrogens with one attached hydrogen (secondary N) is 1. The third-order valence-electron chi connectivity index (χ3n) is 4.11. The zero-order valence-electron chi connectivity index (χ0n) is 11.3. The first-order chi connectivity index (χ1) is 8.79. The highest BCUT2D eigenvalue weighted by atomic mass is 79.9. The predicted molar refractivity (Wildman–Crippen MR) is 81.8 cm³/mol. The molecule has 1 aromatic carbocycles. The van der Waals surface area contributed by atoms with E-state index in [1.807, 2.05) is 0 Å². The van der Waals surface area contributed by atoms with E-state index in [2.05, 4.69) is 52.4 Å². The van der Waals surface area contributed by atoms with E-state index < -0.39 is 0 Å². The van der Waals surface area contributed by atoms with Crippen LogP contribution >= 0.6 is 15.9 Å². The molecule has 0 saturated heterocycles. The second-order valence-electron chi connectivity index (χ2n) is 5.45. The van der Waals surface area contributed by atoms with E-state index in [9.17, 15) is 0 Å². The highest BCUT2D eigenvalue weighted by Crippen LogP contribution is 2.32. The van der Waals surface area contributed by atoms with Gasteiger partial charge in [0.2, 0.25) is 0 Å². The minimum Gasteiger partial charge on any atom is -0.317 e. The Morgan fingerprint density at radius 1 is 1.22 bits per heavy atom. The van der Waals surface area contributed by atoms with Crippen LogP contribution in [-0.2, 0) is 6.42 Å². The molecule has 0 aliphatic heterocycles. The van der Waals surface area contributed by atoms with Crippen molar-refractivity contribution in [2.24, 2.45) is 11.8 Å². The minimum atomic E-state index is 0.868. The van der Waals surface area contributed by atoms with Gasteiger partial charge in [-0.2, -0.15) is 0 Å². The predicted octanol–water partition coefficient (Wildman–Crippen LogP) is 4.41. The molecular formula is C16H24BrN. The Labute approximate surface area is 119 Å². The number of benzene rings is 1. The lowest BCUT2D eigenvalue weighted by Crippen LogP contribution is -2.31. The summed E-state index contributed by atoms with van der Waals surface area (Å²) in [7, 11) is 0. The van der Waals surface area contributed by atoms with Gasteiger partial charge < -0.3 is 5.32 Å². The smallest absolute Gasteiger partial charge is 0.0177 e. The molecular weight excluding hydrogens is 286 g/mol. The third kappa shape index (κ3) is 4.10. The van der Waals surface area contributed by atoms with Crippen LogP contribution in [0.25, 0.3) is 0 Å². The molecule has 1 aliphatic carbocycles. The monoisotopic (exact) mass is 309 g/mol. The van der Waals surface area contributed by atoms with Crippen molar-refractivity contribution in [3.05, 3.63) is 34.3 Å². The summed E-state index contributed by atoms with van der Waals surface area (Å²) in [6, 6.07) is 8.81. The van der Waals surface area contributed by atoms with Crippen molar-refractivity contribution in [3.8, 4) is 0 Å². The lowest BCUT2D eigenvalue weighted by atomic mass is 9.76. The van der Waals surface area contributed by atoms with Crippen molar-refractivity contribution < 1.29 is 0 Å². The lowest BCUT2D eigenvalue weighted by molar-refractivity contribution is 0.229. The van der Waals surface area contributed by atoms with Crippen molar-refractivity contribution in [3.63, 3.8) is 0 Å². The summed E-state index contributed by atoms with van der Waals surface area (Å²) in [5.41, 5.74) is 1.48. The van der Waals surface area contributed by atoms with Crippen LogP contribution in [0.15, 0.2) is 28.7 Å². The quantitative estimate of drug-likeness (QED) is 0.849. The molecule has 2 unspecified atom stereocenters. The van der Waals surface area contributed by atoms with Crippen molar-refractivity contribution in [1.82, 2.24) is 5.32 Å². The van der Waals surface area contributed by atoms with Crippen molar-refractivity contribution in [2.75, 3.05) is 13.1 Å². The molecule has 1 nitrogen and oxygen atoms in total. The summed E-state index contributed by atoms with van der Waals surface area (Å²) < 4.78 is 1.21. The zero-order chi connectivity index (χ0) is 12.8. The summed E-state index contributed by atoms with van der Waals surface area (Å²) in [4.78, 5) is 0. The Bertz CT molecular complexity index is 364. The number of rotatable bonds is 5. The molecule has 0 spiro atoms. The molecule has 18 heavy (non-hydrogen) atoms. The number of hydrogen-bond acceptors (Lipinski definition) is 1. The molecule has 0 radical (unpaired) electrons. The Kier molecular flexibility index (Phi) is 5.71. The largest absolute Gasteiger partial charge is 0.317 e. The van der Waals surface area contributed by atoms with Crippen LogP contribution in [0.5, 0.6) is 0 Å².